The van der Waals surface area contributed by atoms with Crippen molar-refractivity contribution in [3.63, 3.8) is 0 Å². The van der Waals surface area contributed by atoms with E-state index in [0.29, 0.717) is 6.61 Å². The molecule has 1 heterocycles. The third kappa shape index (κ3) is 4.14. The zero-order chi connectivity index (χ0) is 18.7. The Morgan fingerprint density at radius 3 is 2.73 bits per heavy atom. The maximum absolute atomic E-state index is 6.33. The van der Waals surface area contributed by atoms with Gasteiger partial charge in [0.15, 0.2) is 0 Å². The van der Waals surface area contributed by atoms with Crippen LogP contribution in [0, 0.1) is 6.92 Å². The molecule has 2 aromatic carbocycles. The number of methoxy groups -OCH3 is 1. The maximum Gasteiger partial charge on any atom is 0.126 e. The van der Waals surface area contributed by atoms with E-state index < -0.39 is 0 Å². The Balaban J connectivity index is 1.90. The van der Waals surface area contributed by atoms with E-state index in [4.69, 9.17) is 21.1 Å². The van der Waals surface area contributed by atoms with Crippen LogP contribution in [-0.4, -0.2) is 45.8 Å². The summed E-state index contributed by atoms with van der Waals surface area (Å²) in [4.78, 5) is 2.12. The van der Waals surface area contributed by atoms with Gasteiger partial charge in [-0.2, -0.15) is 0 Å². The predicted octanol–water partition coefficient (Wildman–Crippen LogP) is 3.83. The van der Waals surface area contributed by atoms with Crippen LogP contribution < -0.4 is 14.8 Å². The number of benzene rings is 2. The molecule has 5 heteroatoms. The number of halogens is 1. The zero-order valence-electron chi connectivity index (χ0n) is 15.9. The van der Waals surface area contributed by atoms with Crippen LogP contribution in [0.3, 0.4) is 0 Å². The van der Waals surface area contributed by atoms with Gasteiger partial charge in [-0.05, 0) is 68.4 Å². The number of rotatable bonds is 6. The second-order valence-electron chi connectivity index (χ2n) is 6.99. The number of fused-ring (bicyclic) bond motifs is 1. The molecule has 1 atom stereocenters. The Morgan fingerprint density at radius 2 is 2.00 bits per heavy atom. The van der Waals surface area contributed by atoms with Crippen molar-refractivity contribution in [1.29, 1.82) is 0 Å². The highest BCUT2D eigenvalue weighted by Gasteiger charge is 2.25. The normalized spacial score (nSPS) is 16.5. The molecular weight excluding hydrogens is 348 g/mol. The molecule has 0 fully saturated rings. The van der Waals surface area contributed by atoms with E-state index in [0.717, 1.165) is 47.2 Å². The standard InChI is InChI=1S/C21H27ClN2O2/c1-14-11-16(22)13-19(21(14)25-4)20-18-6-5-17(26-10-9-24(2)3)12-15(18)7-8-23-20/h5-6,11-13,20,23H,7-10H2,1-4H3. The molecule has 0 aliphatic carbocycles. The number of hydrogen-bond acceptors (Lipinski definition) is 4. The van der Waals surface area contributed by atoms with Gasteiger partial charge >= 0.3 is 0 Å². The number of nitrogens with one attached hydrogen (secondary N) is 1. The third-order valence-electron chi connectivity index (χ3n) is 4.76. The molecule has 0 bridgehead atoms. The lowest BCUT2D eigenvalue weighted by Gasteiger charge is -2.29. The summed E-state index contributed by atoms with van der Waals surface area (Å²) in [5.41, 5.74) is 4.71. The Hall–Kier alpha value is -1.75. The predicted molar refractivity (Wildman–Crippen MR) is 107 cm³/mol. The second-order valence-corrected chi connectivity index (χ2v) is 7.43. The first kappa shape index (κ1) is 19.0. The number of ether oxygens (including phenoxy) is 2. The minimum Gasteiger partial charge on any atom is -0.496 e. The minimum atomic E-state index is 0.0712. The van der Waals surface area contributed by atoms with E-state index in [1.54, 1.807) is 7.11 Å². The largest absolute Gasteiger partial charge is 0.496 e. The molecule has 0 saturated carbocycles. The van der Waals surface area contributed by atoms with Crippen LogP contribution in [0.1, 0.15) is 28.3 Å². The first-order valence-electron chi connectivity index (χ1n) is 8.97. The van der Waals surface area contributed by atoms with Crippen LogP contribution in [0.4, 0.5) is 0 Å². The van der Waals surface area contributed by atoms with Gasteiger partial charge in [0.2, 0.25) is 0 Å². The van der Waals surface area contributed by atoms with Gasteiger partial charge in [-0.15, -0.1) is 0 Å². The number of hydrogen-bond donors (Lipinski definition) is 1. The lowest BCUT2D eigenvalue weighted by molar-refractivity contribution is 0.261. The van der Waals surface area contributed by atoms with Crippen LogP contribution >= 0.6 is 11.6 Å². The molecule has 0 amide bonds. The first-order valence-corrected chi connectivity index (χ1v) is 9.35. The fourth-order valence-corrected chi connectivity index (χ4v) is 3.79. The molecule has 2 aromatic rings. The van der Waals surface area contributed by atoms with E-state index in [9.17, 15) is 0 Å². The van der Waals surface area contributed by atoms with E-state index in [1.165, 1.54) is 11.1 Å². The molecule has 1 N–H and O–H groups in total. The minimum absolute atomic E-state index is 0.0712. The van der Waals surface area contributed by atoms with Crippen molar-refractivity contribution < 1.29 is 9.47 Å². The molecule has 140 valence electrons. The summed E-state index contributed by atoms with van der Waals surface area (Å²) in [7, 11) is 5.81. The first-order chi connectivity index (χ1) is 12.5. The molecule has 1 aliphatic rings. The Kier molecular flexibility index (Phi) is 6.07. The third-order valence-corrected chi connectivity index (χ3v) is 4.98. The van der Waals surface area contributed by atoms with Crippen molar-refractivity contribution >= 4 is 11.6 Å². The Morgan fingerprint density at radius 1 is 1.19 bits per heavy atom. The monoisotopic (exact) mass is 374 g/mol. The van der Waals surface area contributed by atoms with Crippen molar-refractivity contribution in [2.75, 3.05) is 40.9 Å². The molecule has 26 heavy (non-hydrogen) atoms. The fraction of sp³-hybridized carbons (Fsp3) is 0.429. The summed E-state index contributed by atoms with van der Waals surface area (Å²) in [6.07, 6.45) is 0.985. The molecular formula is C21H27ClN2O2. The van der Waals surface area contributed by atoms with Gasteiger partial charge in [-0.25, -0.2) is 0 Å². The van der Waals surface area contributed by atoms with Crippen molar-refractivity contribution in [2.24, 2.45) is 0 Å². The number of likely N-dealkylation sites (N-methyl/N-ethyl adjacent to an activating group) is 1. The van der Waals surface area contributed by atoms with Crippen molar-refractivity contribution in [3.8, 4) is 11.5 Å². The van der Waals surface area contributed by atoms with Gasteiger partial charge in [-0.3, -0.25) is 0 Å². The summed E-state index contributed by atoms with van der Waals surface area (Å²) < 4.78 is 11.6. The SMILES string of the molecule is COc1c(C)cc(Cl)cc1C1NCCc2cc(OCCN(C)C)ccc21. The van der Waals surface area contributed by atoms with Gasteiger partial charge in [0.25, 0.3) is 0 Å². The summed E-state index contributed by atoms with van der Waals surface area (Å²) in [6, 6.07) is 10.4. The molecule has 0 aromatic heterocycles. The highest BCUT2D eigenvalue weighted by atomic mass is 35.5. The summed E-state index contributed by atoms with van der Waals surface area (Å²) in [5.74, 6) is 1.83. The summed E-state index contributed by atoms with van der Waals surface area (Å²) in [6.45, 7) is 4.53. The number of nitrogens with zero attached hydrogens (tertiary/aromatic N) is 1. The lowest BCUT2D eigenvalue weighted by Crippen LogP contribution is -2.31. The average molecular weight is 375 g/mol. The Labute approximate surface area is 161 Å². The van der Waals surface area contributed by atoms with Crippen molar-refractivity contribution in [1.82, 2.24) is 10.2 Å². The zero-order valence-corrected chi connectivity index (χ0v) is 16.7. The van der Waals surface area contributed by atoms with Gasteiger partial charge in [0.05, 0.1) is 13.2 Å². The fourth-order valence-electron chi connectivity index (χ4n) is 3.50. The molecule has 0 spiro atoms. The summed E-state index contributed by atoms with van der Waals surface area (Å²) in [5, 5.41) is 4.34. The molecule has 1 aliphatic heterocycles. The average Bonchev–Trinajstić information content (AvgIpc) is 2.60. The highest BCUT2D eigenvalue weighted by molar-refractivity contribution is 6.30. The smallest absolute Gasteiger partial charge is 0.126 e. The van der Waals surface area contributed by atoms with E-state index >= 15 is 0 Å². The van der Waals surface area contributed by atoms with E-state index in [-0.39, 0.29) is 6.04 Å². The lowest BCUT2D eigenvalue weighted by atomic mass is 9.88. The number of aryl methyl sites for hydroxylation is 1. The quantitative estimate of drug-likeness (QED) is 0.833. The molecule has 3 rings (SSSR count). The topological polar surface area (TPSA) is 33.7 Å². The van der Waals surface area contributed by atoms with Crippen molar-refractivity contribution in [3.05, 3.63) is 57.6 Å². The highest BCUT2D eigenvalue weighted by Crippen LogP contribution is 2.38. The van der Waals surface area contributed by atoms with E-state index in [2.05, 4.69) is 28.4 Å². The van der Waals surface area contributed by atoms with Crippen LogP contribution in [0.2, 0.25) is 5.02 Å². The van der Waals surface area contributed by atoms with E-state index in [1.807, 2.05) is 33.2 Å². The Bertz CT molecular complexity index is 777. The van der Waals surface area contributed by atoms with Gasteiger partial charge < -0.3 is 19.7 Å². The van der Waals surface area contributed by atoms with Crippen LogP contribution in [0.25, 0.3) is 0 Å². The second kappa shape index (κ2) is 8.30. The van der Waals surface area contributed by atoms with Gasteiger partial charge in [0.1, 0.15) is 18.1 Å². The molecule has 4 nitrogen and oxygen atoms in total. The van der Waals surface area contributed by atoms with Crippen LogP contribution in [-0.2, 0) is 6.42 Å². The van der Waals surface area contributed by atoms with Crippen LogP contribution in [0.5, 0.6) is 11.5 Å². The van der Waals surface area contributed by atoms with Crippen molar-refractivity contribution in [2.45, 2.75) is 19.4 Å². The van der Waals surface area contributed by atoms with Crippen LogP contribution in [0.15, 0.2) is 30.3 Å². The summed E-state index contributed by atoms with van der Waals surface area (Å²) >= 11 is 6.33. The van der Waals surface area contributed by atoms with Gasteiger partial charge in [0, 0.05) is 23.7 Å². The maximum atomic E-state index is 6.33. The molecule has 1 unspecified atom stereocenters. The molecule has 0 saturated heterocycles. The van der Waals surface area contributed by atoms with Gasteiger partial charge in [-0.1, -0.05) is 17.7 Å². The molecule has 0 radical (unpaired) electrons.